The predicted octanol–water partition coefficient (Wildman–Crippen LogP) is 4.14. The van der Waals surface area contributed by atoms with Crippen LogP contribution in [0.25, 0.3) is 0 Å². The molecule has 1 aliphatic heterocycles. The molecule has 0 saturated carbocycles. The van der Waals surface area contributed by atoms with Crippen molar-refractivity contribution in [3.63, 3.8) is 0 Å². The maximum atomic E-state index is 9.63. The number of nitrogens with zero attached hydrogens (tertiary/aromatic N) is 2. The summed E-state index contributed by atoms with van der Waals surface area (Å²) in [4.78, 5) is 8.47. The highest BCUT2D eigenvalue weighted by atomic mass is 127. The molecular formula is C22H33IN4OS. The Labute approximate surface area is 195 Å². The molecule has 0 radical (unpaired) electrons. The Hall–Kier alpha value is -1.16. The highest BCUT2D eigenvalue weighted by molar-refractivity contribution is 14.0. The molecule has 1 unspecified atom stereocenters. The number of piperidine rings is 1. The highest BCUT2D eigenvalue weighted by Crippen LogP contribution is 2.18. The zero-order valence-corrected chi connectivity index (χ0v) is 20.5. The number of hydrogen-bond donors (Lipinski definition) is 3. The third kappa shape index (κ3) is 7.88. The molecule has 0 amide bonds. The van der Waals surface area contributed by atoms with Crippen LogP contribution in [0.1, 0.15) is 48.7 Å². The van der Waals surface area contributed by atoms with Crippen molar-refractivity contribution in [2.45, 2.75) is 51.9 Å². The molecule has 0 bridgehead atoms. The van der Waals surface area contributed by atoms with Crippen LogP contribution in [0, 0.1) is 0 Å². The van der Waals surface area contributed by atoms with E-state index in [0.29, 0.717) is 6.54 Å². The van der Waals surface area contributed by atoms with E-state index in [1.807, 2.05) is 0 Å². The lowest BCUT2D eigenvalue weighted by Gasteiger charge is -2.29. The normalized spacial score (nSPS) is 16.9. The standard InChI is InChI=1S/C22H32N4OS.HI/c1-3-23-22(25-17(2)21-5-4-14-28-21)24-15-18-6-8-19(9-7-18)16-26-12-10-20(27)11-13-26;/h4-9,14,17,20,27H,3,10-13,15-16H2,1-2H3,(H2,23,24,25);1H. The number of halogens is 1. The number of guanidine groups is 1. The molecule has 0 spiro atoms. The summed E-state index contributed by atoms with van der Waals surface area (Å²) >= 11 is 1.76. The van der Waals surface area contributed by atoms with Gasteiger partial charge in [-0.2, -0.15) is 0 Å². The zero-order valence-electron chi connectivity index (χ0n) is 17.3. The minimum absolute atomic E-state index is 0. The van der Waals surface area contributed by atoms with Gasteiger partial charge in [-0.25, -0.2) is 4.99 Å². The van der Waals surface area contributed by atoms with E-state index in [-0.39, 0.29) is 36.1 Å². The van der Waals surface area contributed by atoms with Crippen LogP contribution in [0.5, 0.6) is 0 Å². The topological polar surface area (TPSA) is 59.9 Å². The van der Waals surface area contributed by atoms with Gasteiger partial charge >= 0.3 is 0 Å². The lowest BCUT2D eigenvalue weighted by molar-refractivity contribution is 0.0792. The molecule has 2 aromatic rings. The Morgan fingerprint density at radius 1 is 1.21 bits per heavy atom. The maximum absolute atomic E-state index is 9.63. The van der Waals surface area contributed by atoms with E-state index >= 15 is 0 Å². The van der Waals surface area contributed by atoms with Gasteiger partial charge in [-0.05, 0) is 49.3 Å². The Kier molecular flexibility index (Phi) is 10.4. The summed E-state index contributed by atoms with van der Waals surface area (Å²) < 4.78 is 0. The number of aliphatic hydroxyl groups is 1. The first-order valence-corrected chi connectivity index (χ1v) is 11.1. The first kappa shape index (κ1) is 24.1. The predicted molar refractivity (Wildman–Crippen MR) is 133 cm³/mol. The molecule has 0 aliphatic carbocycles. The number of aliphatic imine (C=N–C) groups is 1. The van der Waals surface area contributed by atoms with E-state index in [2.05, 4.69) is 71.2 Å². The van der Waals surface area contributed by atoms with Crippen molar-refractivity contribution < 1.29 is 5.11 Å². The number of aliphatic hydroxyl groups excluding tert-OH is 1. The lowest BCUT2D eigenvalue weighted by atomic mass is 10.1. The van der Waals surface area contributed by atoms with E-state index in [1.54, 1.807) is 11.3 Å². The van der Waals surface area contributed by atoms with Gasteiger partial charge in [0, 0.05) is 31.1 Å². The molecule has 7 heteroatoms. The summed E-state index contributed by atoms with van der Waals surface area (Å²) in [5.74, 6) is 0.847. The fourth-order valence-corrected chi connectivity index (χ4v) is 4.12. The van der Waals surface area contributed by atoms with E-state index in [4.69, 9.17) is 4.99 Å². The second-order valence-electron chi connectivity index (χ2n) is 7.40. The third-order valence-electron chi connectivity index (χ3n) is 5.07. The molecule has 1 aliphatic rings. The summed E-state index contributed by atoms with van der Waals surface area (Å²) in [7, 11) is 0. The van der Waals surface area contributed by atoms with Gasteiger partial charge in [-0.3, -0.25) is 4.90 Å². The van der Waals surface area contributed by atoms with Gasteiger partial charge < -0.3 is 15.7 Å². The molecule has 1 saturated heterocycles. The van der Waals surface area contributed by atoms with Crippen LogP contribution in [0.3, 0.4) is 0 Å². The van der Waals surface area contributed by atoms with Crippen molar-refractivity contribution >= 4 is 41.3 Å². The highest BCUT2D eigenvalue weighted by Gasteiger charge is 2.16. The summed E-state index contributed by atoms with van der Waals surface area (Å²) in [6.07, 6.45) is 1.66. The second-order valence-corrected chi connectivity index (χ2v) is 8.38. The van der Waals surface area contributed by atoms with Crippen LogP contribution in [-0.2, 0) is 13.1 Å². The van der Waals surface area contributed by atoms with Crippen molar-refractivity contribution in [1.29, 1.82) is 0 Å². The largest absolute Gasteiger partial charge is 0.393 e. The fourth-order valence-electron chi connectivity index (χ4n) is 3.39. The summed E-state index contributed by atoms with van der Waals surface area (Å²) in [5.41, 5.74) is 2.53. The quantitative estimate of drug-likeness (QED) is 0.287. The van der Waals surface area contributed by atoms with Gasteiger partial charge in [0.05, 0.1) is 18.7 Å². The van der Waals surface area contributed by atoms with Crippen LogP contribution in [0.2, 0.25) is 0 Å². The van der Waals surface area contributed by atoms with E-state index < -0.39 is 0 Å². The maximum Gasteiger partial charge on any atom is 0.192 e. The van der Waals surface area contributed by atoms with E-state index in [9.17, 15) is 5.11 Å². The van der Waals surface area contributed by atoms with Crippen LogP contribution in [-0.4, -0.2) is 41.7 Å². The number of benzene rings is 1. The number of likely N-dealkylation sites (tertiary alicyclic amines) is 1. The number of rotatable bonds is 7. The smallest absolute Gasteiger partial charge is 0.192 e. The van der Waals surface area contributed by atoms with Gasteiger partial charge in [0.15, 0.2) is 5.96 Å². The molecule has 3 N–H and O–H groups in total. The molecule has 29 heavy (non-hydrogen) atoms. The van der Waals surface area contributed by atoms with Gasteiger partial charge in [0.2, 0.25) is 0 Å². The van der Waals surface area contributed by atoms with Gasteiger partial charge in [0.1, 0.15) is 0 Å². The molecule has 1 fully saturated rings. The Morgan fingerprint density at radius 2 is 1.90 bits per heavy atom. The molecule has 1 atom stereocenters. The Morgan fingerprint density at radius 3 is 2.52 bits per heavy atom. The van der Waals surface area contributed by atoms with Crippen LogP contribution in [0.15, 0.2) is 46.8 Å². The van der Waals surface area contributed by atoms with Crippen LogP contribution < -0.4 is 10.6 Å². The third-order valence-corrected chi connectivity index (χ3v) is 6.13. The number of nitrogens with one attached hydrogen (secondary N) is 2. The Balaban J connectivity index is 0.00000300. The average molecular weight is 529 g/mol. The van der Waals surface area contributed by atoms with Gasteiger partial charge in [0.25, 0.3) is 0 Å². The van der Waals surface area contributed by atoms with Gasteiger partial charge in [-0.15, -0.1) is 35.3 Å². The lowest BCUT2D eigenvalue weighted by Crippen LogP contribution is -2.38. The molecule has 5 nitrogen and oxygen atoms in total. The number of thiophene rings is 1. The Bertz CT molecular complexity index is 728. The zero-order chi connectivity index (χ0) is 19.8. The van der Waals surface area contributed by atoms with Gasteiger partial charge in [-0.1, -0.05) is 30.3 Å². The van der Waals surface area contributed by atoms with E-state index in [0.717, 1.165) is 45.0 Å². The average Bonchev–Trinajstić information content (AvgIpc) is 3.24. The van der Waals surface area contributed by atoms with Crippen molar-refractivity contribution in [3.05, 3.63) is 57.8 Å². The summed E-state index contributed by atoms with van der Waals surface area (Å²) in [5, 5.41) is 18.5. The minimum atomic E-state index is -0.112. The molecule has 1 aromatic heterocycles. The molecule has 1 aromatic carbocycles. The van der Waals surface area contributed by atoms with Crippen molar-refractivity contribution in [1.82, 2.24) is 15.5 Å². The second kappa shape index (κ2) is 12.5. The SMILES string of the molecule is CCNC(=NCc1ccc(CN2CCC(O)CC2)cc1)NC(C)c1cccs1.I. The van der Waals surface area contributed by atoms with Crippen molar-refractivity contribution in [2.75, 3.05) is 19.6 Å². The van der Waals surface area contributed by atoms with Crippen molar-refractivity contribution in [2.24, 2.45) is 4.99 Å². The molecule has 3 rings (SSSR count). The molecular weight excluding hydrogens is 495 g/mol. The fraction of sp³-hybridized carbons (Fsp3) is 0.500. The van der Waals surface area contributed by atoms with Crippen LogP contribution in [0.4, 0.5) is 0 Å². The summed E-state index contributed by atoms with van der Waals surface area (Å²) in [6.45, 7) is 8.66. The molecule has 2 heterocycles. The first-order valence-electron chi connectivity index (χ1n) is 10.2. The first-order chi connectivity index (χ1) is 13.6. The number of hydrogen-bond acceptors (Lipinski definition) is 4. The molecule has 160 valence electrons. The van der Waals surface area contributed by atoms with Crippen molar-refractivity contribution in [3.8, 4) is 0 Å². The van der Waals surface area contributed by atoms with E-state index in [1.165, 1.54) is 16.0 Å². The van der Waals surface area contributed by atoms with Crippen LogP contribution >= 0.6 is 35.3 Å². The monoisotopic (exact) mass is 528 g/mol. The summed E-state index contributed by atoms with van der Waals surface area (Å²) in [6, 6.07) is 13.2. The minimum Gasteiger partial charge on any atom is -0.393 e.